The molecule has 0 fully saturated rings. The Labute approximate surface area is 124 Å². The van der Waals surface area contributed by atoms with E-state index in [-0.39, 0.29) is 5.91 Å². The lowest BCUT2D eigenvalue weighted by Gasteiger charge is -2.11. The number of carbonyl (C=O) groups is 2. The highest BCUT2D eigenvalue weighted by molar-refractivity contribution is 5.76. The first kappa shape index (κ1) is 17.0. The lowest BCUT2D eigenvalue weighted by molar-refractivity contribution is -0.118. The van der Waals surface area contributed by atoms with Crippen LogP contribution in [0.2, 0.25) is 0 Å². The number of ether oxygens (including phenoxy) is 1. The number of amides is 1. The summed E-state index contributed by atoms with van der Waals surface area (Å²) in [6, 6.07) is 4.98. The fourth-order valence-electron chi connectivity index (χ4n) is 1.73. The Morgan fingerprint density at radius 2 is 1.95 bits per heavy atom. The first-order valence-electron chi connectivity index (χ1n) is 6.94. The largest absolute Gasteiger partial charge is 0.493 e. The lowest BCUT2D eigenvalue weighted by Crippen LogP contribution is -2.22. The van der Waals surface area contributed by atoms with E-state index in [9.17, 15) is 9.59 Å². The normalized spacial score (nSPS) is 10.0. The molecule has 1 aromatic rings. The second-order valence-corrected chi connectivity index (χ2v) is 4.57. The maximum atomic E-state index is 10.7. The van der Waals surface area contributed by atoms with Gasteiger partial charge in [0.25, 0.3) is 0 Å². The van der Waals surface area contributed by atoms with Gasteiger partial charge in [0, 0.05) is 25.6 Å². The Balaban J connectivity index is 2.20. The number of unbranched alkanes of at least 4 members (excludes halogenated alkanes) is 2. The van der Waals surface area contributed by atoms with Crippen molar-refractivity contribution in [3.63, 3.8) is 0 Å². The van der Waals surface area contributed by atoms with Crippen LogP contribution in [0.5, 0.6) is 11.5 Å². The first-order valence-corrected chi connectivity index (χ1v) is 6.94. The summed E-state index contributed by atoms with van der Waals surface area (Å²) < 4.78 is 5.16. The monoisotopic (exact) mass is 294 g/mol. The standard InChI is InChI=1S/C15H22N2O4/c1-12(19)16-8-4-3-5-9-17-21-14-7-6-13(11-18)10-15(14)20-2/h6-7,10-11,17H,3-5,8-9H2,1-2H3,(H,16,19). The van der Waals surface area contributed by atoms with Gasteiger partial charge in [0.1, 0.15) is 6.29 Å². The van der Waals surface area contributed by atoms with E-state index in [1.165, 1.54) is 14.0 Å². The summed E-state index contributed by atoms with van der Waals surface area (Å²) in [5.74, 6) is 1.06. The molecule has 6 heteroatoms. The SMILES string of the molecule is COc1cc(C=O)ccc1ONCCCCCNC(C)=O. The molecule has 1 rings (SSSR count). The number of hydrogen-bond acceptors (Lipinski definition) is 5. The van der Waals surface area contributed by atoms with E-state index < -0.39 is 0 Å². The van der Waals surface area contributed by atoms with Crippen molar-refractivity contribution < 1.29 is 19.2 Å². The Hall–Kier alpha value is -2.08. The second kappa shape index (κ2) is 9.77. The van der Waals surface area contributed by atoms with Gasteiger partial charge in [-0.2, -0.15) is 5.48 Å². The summed E-state index contributed by atoms with van der Waals surface area (Å²) in [4.78, 5) is 26.8. The van der Waals surface area contributed by atoms with Gasteiger partial charge in [-0.15, -0.1) is 0 Å². The average molecular weight is 294 g/mol. The topological polar surface area (TPSA) is 76.7 Å². The van der Waals surface area contributed by atoms with Gasteiger partial charge in [0.15, 0.2) is 11.5 Å². The molecule has 0 bridgehead atoms. The molecule has 0 unspecified atom stereocenters. The van der Waals surface area contributed by atoms with E-state index in [4.69, 9.17) is 9.57 Å². The van der Waals surface area contributed by atoms with Gasteiger partial charge in [0.05, 0.1) is 7.11 Å². The molecular formula is C15H22N2O4. The molecule has 0 aliphatic heterocycles. The molecule has 6 nitrogen and oxygen atoms in total. The van der Waals surface area contributed by atoms with Crippen molar-refractivity contribution in [3.8, 4) is 11.5 Å². The molecule has 0 heterocycles. The van der Waals surface area contributed by atoms with Crippen molar-refractivity contribution >= 4 is 12.2 Å². The minimum absolute atomic E-state index is 0.00215. The smallest absolute Gasteiger partial charge is 0.216 e. The Kier molecular flexibility index (Phi) is 7.89. The number of aldehydes is 1. The van der Waals surface area contributed by atoms with Crippen LogP contribution in [0.25, 0.3) is 0 Å². The number of hydroxylamine groups is 1. The lowest BCUT2D eigenvalue weighted by atomic mass is 10.2. The molecule has 1 amide bonds. The minimum Gasteiger partial charge on any atom is -0.493 e. The summed E-state index contributed by atoms with van der Waals surface area (Å²) >= 11 is 0. The molecule has 116 valence electrons. The molecule has 1 aromatic carbocycles. The van der Waals surface area contributed by atoms with Crippen molar-refractivity contribution in [2.75, 3.05) is 20.2 Å². The van der Waals surface area contributed by atoms with Crippen LogP contribution in [-0.2, 0) is 4.79 Å². The Bertz CT molecular complexity index is 463. The molecule has 2 N–H and O–H groups in total. The van der Waals surface area contributed by atoms with Crippen LogP contribution in [0.1, 0.15) is 36.5 Å². The molecule has 0 aliphatic rings. The molecule has 0 atom stereocenters. The quantitative estimate of drug-likeness (QED) is 0.390. The van der Waals surface area contributed by atoms with E-state index in [1.807, 2.05) is 0 Å². The number of nitrogens with one attached hydrogen (secondary N) is 2. The molecular weight excluding hydrogens is 272 g/mol. The third kappa shape index (κ3) is 6.76. The van der Waals surface area contributed by atoms with Crippen LogP contribution in [0.4, 0.5) is 0 Å². The van der Waals surface area contributed by atoms with Crippen LogP contribution in [-0.4, -0.2) is 32.4 Å². The van der Waals surface area contributed by atoms with Crippen molar-refractivity contribution in [2.45, 2.75) is 26.2 Å². The third-order valence-electron chi connectivity index (χ3n) is 2.84. The van der Waals surface area contributed by atoms with E-state index in [2.05, 4.69) is 10.8 Å². The van der Waals surface area contributed by atoms with Gasteiger partial charge in [0.2, 0.25) is 5.91 Å². The fourth-order valence-corrected chi connectivity index (χ4v) is 1.73. The summed E-state index contributed by atoms with van der Waals surface area (Å²) in [5.41, 5.74) is 3.40. The summed E-state index contributed by atoms with van der Waals surface area (Å²) in [6.07, 6.45) is 3.64. The highest BCUT2D eigenvalue weighted by Gasteiger charge is 2.05. The van der Waals surface area contributed by atoms with E-state index in [0.29, 0.717) is 30.2 Å². The number of benzene rings is 1. The predicted octanol–water partition coefficient (Wildman–Crippen LogP) is 1.70. The maximum absolute atomic E-state index is 10.7. The molecule has 0 saturated heterocycles. The zero-order valence-corrected chi connectivity index (χ0v) is 12.5. The highest BCUT2D eigenvalue weighted by Crippen LogP contribution is 2.26. The summed E-state index contributed by atoms with van der Waals surface area (Å²) in [5, 5.41) is 2.75. The van der Waals surface area contributed by atoms with Gasteiger partial charge in [-0.1, -0.05) is 6.42 Å². The molecule has 0 radical (unpaired) electrons. The van der Waals surface area contributed by atoms with Gasteiger partial charge in [-0.25, -0.2) is 0 Å². The third-order valence-corrected chi connectivity index (χ3v) is 2.84. The number of carbonyl (C=O) groups excluding carboxylic acids is 2. The predicted molar refractivity (Wildman–Crippen MR) is 79.5 cm³/mol. The van der Waals surface area contributed by atoms with Gasteiger partial charge < -0.3 is 14.9 Å². The molecule has 0 saturated carbocycles. The van der Waals surface area contributed by atoms with Gasteiger partial charge >= 0.3 is 0 Å². The van der Waals surface area contributed by atoms with Crippen molar-refractivity contribution in [2.24, 2.45) is 0 Å². The number of methoxy groups -OCH3 is 1. The molecule has 0 spiro atoms. The first-order chi connectivity index (χ1) is 10.2. The van der Waals surface area contributed by atoms with Crippen molar-refractivity contribution in [1.82, 2.24) is 10.8 Å². The van der Waals surface area contributed by atoms with Crippen LogP contribution in [0.3, 0.4) is 0 Å². The van der Waals surface area contributed by atoms with Crippen molar-refractivity contribution in [1.29, 1.82) is 0 Å². The van der Waals surface area contributed by atoms with Crippen LogP contribution in [0.15, 0.2) is 18.2 Å². The van der Waals surface area contributed by atoms with Crippen LogP contribution in [0, 0.1) is 0 Å². The zero-order valence-electron chi connectivity index (χ0n) is 12.5. The maximum Gasteiger partial charge on any atom is 0.216 e. The fraction of sp³-hybridized carbons (Fsp3) is 0.467. The van der Waals surface area contributed by atoms with E-state index >= 15 is 0 Å². The molecule has 21 heavy (non-hydrogen) atoms. The zero-order chi connectivity index (χ0) is 15.5. The van der Waals surface area contributed by atoms with Crippen LogP contribution >= 0.6 is 0 Å². The summed E-state index contributed by atoms with van der Waals surface area (Å²) in [7, 11) is 1.53. The van der Waals surface area contributed by atoms with Gasteiger partial charge in [-0.3, -0.25) is 9.59 Å². The second-order valence-electron chi connectivity index (χ2n) is 4.57. The Morgan fingerprint density at radius 3 is 2.62 bits per heavy atom. The highest BCUT2D eigenvalue weighted by atomic mass is 16.7. The van der Waals surface area contributed by atoms with E-state index in [1.54, 1.807) is 18.2 Å². The van der Waals surface area contributed by atoms with Crippen molar-refractivity contribution in [3.05, 3.63) is 23.8 Å². The minimum atomic E-state index is 0.00215. The summed E-state index contributed by atoms with van der Waals surface area (Å²) in [6.45, 7) is 2.91. The number of hydrogen-bond donors (Lipinski definition) is 2. The number of rotatable bonds is 10. The van der Waals surface area contributed by atoms with E-state index in [0.717, 1.165) is 25.5 Å². The van der Waals surface area contributed by atoms with Crippen LogP contribution < -0.4 is 20.4 Å². The molecule has 0 aliphatic carbocycles. The average Bonchev–Trinajstić information content (AvgIpc) is 2.49. The van der Waals surface area contributed by atoms with Gasteiger partial charge in [-0.05, 0) is 31.0 Å². The molecule has 0 aromatic heterocycles. The Morgan fingerprint density at radius 1 is 1.19 bits per heavy atom.